The monoisotopic (exact) mass is 339 g/mol. The first-order chi connectivity index (χ1) is 12.8. The summed E-state index contributed by atoms with van der Waals surface area (Å²) >= 11 is 0. The molecular formula is C21H13N3O2. The number of nitrogens with zero attached hydrogens (tertiary/aromatic N) is 3. The summed E-state index contributed by atoms with van der Waals surface area (Å²) in [6, 6.07) is 23.6. The fraction of sp³-hybridized carbons (Fsp3) is 0. The standard InChI is InChI=1S/C21H13N3O2/c25-19-15-10-4-6-12-17(15)22-21-23(14-8-2-1-3-9-14)20(26)16-11-5-7-13-18(16)24(19)21/h1-13H. The van der Waals surface area contributed by atoms with Gasteiger partial charge < -0.3 is 0 Å². The SMILES string of the molecule is O=c1c2ccccc2n2c(=O)c3ccccc3nc2n1-c1ccccc1. The van der Waals surface area contributed by atoms with Gasteiger partial charge in [-0.15, -0.1) is 0 Å². The lowest BCUT2D eigenvalue weighted by Crippen LogP contribution is -2.28. The van der Waals surface area contributed by atoms with Gasteiger partial charge in [0.25, 0.3) is 11.1 Å². The zero-order valence-electron chi connectivity index (χ0n) is 13.7. The van der Waals surface area contributed by atoms with E-state index in [1.165, 1.54) is 8.97 Å². The van der Waals surface area contributed by atoms with E-state index in [2.05, 4.69) is 4.98 Å². The van der Waals surface area contributed by atoms with E-state index in [1.807, 2.05) is 48.5 Å². The predicted octanol–water partition coefficient (Wildman–Crippen LogP) is 3.15. The van der Waals surface area contributed by atoms with Crippen LogP contribution in [0, 0.1) is 0 Å². The molecule has 2 aromatic heterocycles. The van der Waals surface area contributed by atoms with Gasteiger partial charge in [0, 0.05) is 0 Å². The number of fused-ring (bicyclic) bond motifs is 4. The molecular weight excluding hydrogens is 326 g/mol. The Bertz CT molecular complexity index is 1420. The fourth-order valence-corrected chi connectivity index (χ4v) is 3.36. The van der Waals surface area contributed by atoms with Crippen LogP contribution in [0.15, 0.2) is 88.5 Å². The maximum atomic E-state index is 13.2. The van der Waals surface area contributed by atoms with E-state index < -0.39 is 0 Å². The predicted molar refractivity (Wildman–Crippen MR) is 102 cm³/mol. The van der Waals surface area contributed by atoms with Crippen LogP contribution in [0.5, 0.6) is 0 Å². The van der Waals surface area contributed by atoms with Crippen molar-refractivity contribution in [1.29, 1.82) is 0 Å². The summed E-state index contributed by atoms with van der Waals surface area (Å²) in [5, 5.41) is 0.997. The lowest BCUT2D eigenvalue weighted by Gasteiger charge is -2.14. The fourth-order valence-electron chi connectivity index (χ4n) is 3.36. The Kier molecular flexibility index (Phi) is 3.03. The molecule has 5 heteroatoms. The zero-order chi connectivity index (χ0) is 17.7. The van der Waals surface area contributed by atoms with Crippen molar-refractivity contribution < 1.29 is 0 Å². The van der Waals surface area contributed by atoms with Gasteiger partial charge >= 0.3 is 0 Å². The average molecular weight is 339 g/mol. The van der Waals surface area contributed by atoms with Crippen LogP contribution in [0.4, 0.5) is 0 Å². The molecule has 2 heterocycles. The molecule has 0 atom stereocenters. The highest BCUT2D eigenvalue weighted by Crippen LogP contribution is 2.17. The highest BCUT2D eigenvalue weighted by atomic mass is 16.1. The lowest BCUT2D eigenvalue weighted by molar-refractivity contribution is 0.942. The first-order valence-corrected chi connectivity index (χ1v) is 8.26. The Hall–Kier alpha value is -3.73. The molecule has 0 aliphatic heterocycles. The van der Waals surface area contributed by atoms with Gasteiger partial charge in [0.15, 0.2) is 0 Å². The van der Waals surface area contributed by atoms with Gasteiger partial charge in [-0.05, 0) is 36.4 Å². The summed E-state index contributed by atoms with van der Waals surface area (Å²) in [5.74, 6) is 0.309. The van der Waals surface area contributed by atoms with Crippen molar-refractivity contribution in [3.8, 4) is 5.69 Å². The smallest absolute Gasteiger partial charge is 0.267 e. The van der Waals surface area contributed by atoms with E-state index in [0.29, 0.717) is 33.3 Å². The van der Waals surface area contributed by atoms with E-state index in [-0.39, 0.29) is 11.1 Å². The van der Waals surface area contributed by atoms with Crippen molar-refractivity contribution in [3.05, 3.63) is 99.6 Å². The van der Waals surface area contributed by atoms with Crippen LogP contribution in [0.3, 0.4) is 0 Å². The first-order valence-electron chi connectivity index (χ1n) is 8.26. The maximum absolute atomic E-state index is 13.2. The molecule has 5 rings (SSSR count). The normalized spacial score (nSPS) is 11.4. The molecule has 5 aromatic rings. The number of hydrogen-bond donors (Lipinski definition) is 0. The molecule has 0 aliphatic carbocycles. The van der Waals surface area contributed by atoms with Crippen molar-refractivity contribution >= 4 is 27.6 Å². The van der Waals surface area contributed by atoms with Gasteiger partial charge in [-0.2, -0.15) is 0 Å². The molecule has 0 bridgehead atoms. The molecule has 3 aromatic carbocycles. The molecule has 5 nitrogen and oxygen atoms in total. The Balaban J connectivity index is 2.15. The third-order valence-corrected chi connectivity index (χ3v) is 4.55. The number of aromatic nitrogens is 3. The summed E-state index contributed by atoms with van der Waals surface area (Å²) in [5.41, 5.74) is 1.41. The molecule has 0 saturated carbocycles. The van der Waals surface area contributed by atoms with Crippen molar-refractivity contribution in [1.82, 2.24) is 14.0 Å². The summed E-state index contributed by atoms with van der Waals surface area (Å²) in [7, 11) is 0. The van der Waals surface area contributed by atoms with Crippen LogP contribution in [0.1, 0.15) is 0 Å². The van der Waals surface area contributed by atoms with Crippen LogP contribution in [0.2, 0.25) is 0 Å². The van der Waals surface area contributed by atoms with Gasteiger partial charge in [0.05, 0.1) is 27.5 Å². The quantitative estimate of drug-likeness (QED) is 0.348. The Morgan fingerprint density at radius 1 is 0.654 bits per heavy atom. The lowest BCUT2D eigenvalue weighted by atomic mass is 10.2. The summed E-state index contributed by atoms with van der Waals surface area (Å²) in [6.07, 6.45) is 0. The molecule has 0 N–H and O–H groups in total. The molecule has 0 fully saturated rings. The topological polar surface area (TPSA) is 56.4 Å². The second kappa shape index (κ2) is 5.39. The Morgan fingerprint density at radius 2 is 1.31 bits per heavy atom. The third kappa shape index (κ3) is 1.94. The minimum Gasteiger partial charge on any atom is -0.268 e. The summed E-state index contributed by atoms with van der Waals surface area (Å²) in [6.45, 7) is 0. The Morgan fingerprint density at radius 3 is 2.12 bits per heavy atom. The van der Waals surface area contributed by atoms with E-state index >= 15 is 0 Å². The average Bonchev–Trinajstić information content (AvgIpc) is 2.69. The van der Waals surface area contributed by atoms with E-state index in [4.69, 9.17) is 0 Å². The number of para-hydroxylation sites is 3. The van der Waals surface area contributed by atoms with Crippen molar-refractivity contribution in [2.24, 2.45) is 0 Å². The second-order valence-electron chi connectivity index (χ2n) is 6.06. The molecule has 0 spiro atoms. The molecule has 0 amide bonds. The van der Waals surface area contributed by atoms with Crippen LogP contribution in [-0.2, 0) is 0 Å². The summed E-state index contributed by atoms with van der Waals surface area (Å²) < 4.78 is 3.02. The molecule has 0 aliphatic rings. The van der Waals surface area contributed by atoms with E-state index in [0.717, 1.165) is 0 Å². The van der Waals surface area contributed by atoms with Crippen LogP contribution >= 0.6 is 0 Å². The zero-order valence-corrected chi connectivity index (χ0v) is 13.7. The first kappa shape index (κ1) is 14.6. The molecule has 0 saturated heterocycles. The van der Waals surface area contributed by atoms with Crippen LogP contribution < -0.4 is 11.1 Å². The van der Waals surface area contributed by atoms with Gasteiger partial charge in [-0.3, -0.25) is 9.59 Å². The minimum atomic E-state index is -0.200. The third-order valence-electron chi connectivity index (χ3n) is 4.55. The number of benzene rings is 3. The van der Waals surface area contributed by atoms with Gasteiger partial charge in [0.1, 0.15) is 0 Å². The largest absolute Gasteiger partial charge is 0.268 e. The van der Waals surface area contributed by atoms with E-state index in [1.54, 1.807) is 30.3 Å². The van der Waals surface area contributed by atoms with Crippen molar-refractivity contribution in [2.75, 3.05) is 0 Å². The molecule has 124 valence electrons. The van der Waals surface area contributed by atoms with Gasteiger partial charge in [-0.25, -0.2) is 14.0 Å². The Labute approximate surface area is 147 Å². The van der Waals surface area contributed by atoms with E-state index in [9.17, 15) is 9.59 Å². The maximum Gasteiger partial charge on any atom is 0.267 e. The molecule has 0 unspecified atom stereocenters. The highest BCUT2D eigenvalue weighted by molar-refractivity contribution is 5.85. The number of hydrogen-bond acceptors (Lipinski definition) is 3. The van der Waals surface area contributed by atoms with Crippen LogP contribution in [0.25, 0.3) is 33.3 Å². The summed E-state index contributed by atoms with van der Waals surface area (Å²) in [4.78, 5) is 31.1. The molecule has 0 radical (unpaired) electrons. The highest BCUT2D eigenvalue weighted by Gasteiger charge is 2.16. The van der Waals surface area contributed by atoms with Gasteiger partial charge in [0.2, 0.25) is 5.78 Å². The van der Waals surface area contributed by atoms with Crippen molar-refractivity contribution in [3.63, 3.8) is 0 Å². The van der Waals surface area contributed by atoms with Crippen LogP contribution in [-0.4, -0.2) is 14.0 Å². The van der Waals surface area contributed by atoms with Gasteiger partial charge in [-0.1, -0.05) is 42.5 Å². The van der Waals surface area contributed by atoms with Crippen molar-refractivity contribution in [2.45, 2.75) is 0 Å². The molecule has 26 heavy (non-hydrogen) atoms. The second-order valence-corrected chi connectivity index (χ2v) is 6.06. The number of rotatable bonds is 1. The minimum absolute atomic E-state index is 0.188.